The highest BCUT2D eigenvalue weighted by Crippen LogP contribution is 2.34. The molecule has 2 aromatic rings. The second-order valence-electron chi connectivity index (χ2n) is 3.34. The van der Waals surface area contributed by atoms with Gasteiger partial charge < -0.3 is 5.73 Å². The Morgan fingerprint density at radius 2 is 1.81 bits per heavy atom. The first-order valence-electron chi connectivity index (χ1n) is 4.59. The van der Waals surface area contributed by atoms with Crippen LogP contribution < -0.4 is 5.73 Å². The predicted octanol–water partition coefficient (Wildman–Crippen LogP) is 4.38. The lowest BCUT2D eigenvalue weighted by Crippen LogP contribution is -1.91. The highest BCUT2D eigenvalue weighted by atomic mass is 35.5. The molecule has 0 amide bonds. The fourth-order valence-corrected chi connectivity index (χ4v) is 1.85. The number of rotatable bonds is 1. The first-order chi connectivity index (χ1) is 7.59. The van der Waals surface area contributed by atoms with Crippen molar-refractivity contribution in [1.82, 2.24) is 0 Å². The van der Waals surface area contributed by atoms with Crippen LogP contribution in [0.5, 0.6) is 0 Å². The minimum atomic E-state index is -0.443. The average molecular weight is 256 g/mol. The standard InChI is InChI=1S/C12H8Cl2FN/c13-9-3-1-2-8(12(9)14)7-4-5-10(15)11(16)6-7/h1-6H,16H2. The van der Waals surface area contributed by atoms with Crippen LogP contribution >= 0.6 is 23.2 Å². The molecule has 2 N–H and O–H groups in total. The second-order valence-corrected chi connectivity index (χ2v) is 4.12. The Labute approximate surface area is 103 Å². The zero-order valence-corrected chi connectivity index (χ0v) is 9.69. The number of benzene rings is 2. The van der Waals surface area contributed by atoms with Crippen molar-refractivity contribution in [2.24, 2.45) is 0 Å². The molecule has 2 aromatic carbocycles. The van der Waals surface area contributed by atoms with E-state index in [1.54, 1.807) is 24.3 Å². The Morgan fingerprint density at radius 3 is 2.50 bits per heavy atom. The highest BCUT2D eigenvalue weighted by molar-refractivity contribution is 6.43. The van der Waals surface area contributed by atoms with Crippen molar-refractivity contribution < 1.29 is 4.39 Å². The third-order valence-electron chi connectivity index (χ3n) is 2.26. The highest BCUT2D eigenvalue weighted by Gasteiger charge is 2.08. The Hall–Kier alpha value is -1.25. The molecule has 0 aliphatic carbocycles. The molecule has 82 valence electrons. The summed E-state index contributed by atoms with van der Waals surface area (Å²) in [6, 6.07) is 9.74. The van der Waals surface area contributed by atoms with Gasteiger partial charge in [-0.2, -0.15) is 0 Å². The van der Waals surface area contributed by atoms with Crippen LogP contribution in [0.3, 0.4) is 0 Å². The topological polar surface area (TPSA) is 26.0 Å². The largest absolute Gasteiger partial charge is 0.396 e. The van der Waals surface area contributed by atoms with Gasteiger partial charge in [0.05, 0.1) is 15.7 Å². The van der Waals surface area contributed by atoms with Crippen LogP contribution in [-0.2, 0) is 0 Å². The molecule has 0 aliphatic heterocycles. The summed E-state index contributed by atoms with van der Waals surface area (Å²) in [6.07, 6.45) is 0. The van der Waals surface area contributed by atoms with Gasteiger partial charge in [-0.1, -0.05) is 41.4 Å². The van der Waals surface area contributed by atoms with E-state index in [1.807, 2.05) is 0 Å². The molecule has 0 bridgehead atoms. The van der Waals surface area contributed by atoms with E-state index in [0.717, 1.165) is 11.1 Å². The molecule has 0 unspecified atom stereocenters. The van der Waals surface area contributed by atoms with E-state index < -0.39 is 5.82 Å². The molecule has 0 atom stereocenters. The molecular weight excluding hydrogens is 248 g/mol. The average Bonchev–Trinajstić information content (AvgIpc) is 2.26. The van der Waals surface area contributed by atoms with Gasteiger partial charge in [0.15, 0.2) is 0 Å². The summed E-state index contributed by atoms with van der Waals surface area (Å²) in [5.74, 6) is -0.443. The molecule has 0 aromatic heterocycles. The van der Waals surface area contributed by atoms with E-state index in [4.69, 9.17) is 28.9 Å². The van der Waals surface area contributed by atoms with Gasteiger partial charge in [-0.3, -0.25) is 0 Å². The predicted molar refractivity (Wildman–Crippen MR) is 66.3 cm³/mol. The molecular formula is C12H8Cl2FN. The van der Waals surface area contributed by atoms with Gasteiger partial charge in [0.1, 0.15) is 5.82 Å². The van der Waals surface area contributed by atoms with E-state index in [0.29, 0.717) is 10.0 Å². The fourth-order valence-electron chi connectivity index (χ4n) is 1.44. The van der Waals surface area contributed by atoms with Crippen LogP contribution in [-0.4, -0.2) is 0 Å². The van der Waals surface area contributed by atoms with E-state index >= 15 is 0 Å². The first kappa shape index (κ1) is 11.2. The number of halogens is 3. The maximum absolute atomic E-state index is 13.0. The van der Waals surface area contributed by atoms with Crippen molar-refractivity contribution in [3.8, 4) is 11.1 Å². The molecule has 0 aliphatic rings. The quantitative estimate of drug-likeness (QED) is 0.752. The minimum absolute atomic E-state index is 0.0912. The van der Waals surface area contributed by atoms with Gasteiger partial charge in [0.25, 0.3) is 0 Å². The Morgan fingerprint density at radius 1 is 1.06 bits per heavy atom. The van der Waals surface area contributed by atoms with E-state index in [9.17, 15) is 4.39 Å². The van der Waals surface area contributed by atoms with Crippen molar-refractivity contribution in [3.63, 3.8) is 0 Å². The van der Waals surface area contributed by atoms with Crippen molar-refractivity contribution >= 4 is 28.9 Å². The molecule has 2 rings (SSSR count). The minimum Gasteiger partial charge on any atom is -0.396 e. The van der Waals surface area contributed by atoms with Gasteiger partial charge in [-0.25, -0.2) is 4.39 Å². The Balaban J connectivity index is 2.59. The second kappa shape index (κ2) is 4.32. The molecule has 0 radical (unpaired) electrons. The maximum atomic E-state index is 13.0. The molecule has 0 saturated carbocycles. The van der Waals surface area contributed by atoms with E-state index in [1.165, 1.54) is 12.1 Å². The first-order valence-corrected chi connectivity index (χ1v) is 5.34. The number of hydrogen-bond donors (Lipinski definition) is 1. The lowest BCUT2D eigenvalue weighted by Gasteiger charge is -2.07. The molecule has 1 nitrogen and oxygen atoms in total. The van der Waals surface area contributed by atoms with Crippen LogP contribution in [0.2, 0.25) is 10.0 Å². The molecule has 0 fully saturated rings. The van der Waals surface area contributed by atoms with E-state index in [-0.39, 0.29) is 5.69 Å². The van der Waals surface area contributed by atoms with Crippen LogP contribution in [0.25, 0.3) is 11.1 Å². The maximum Gasteiger partial charge on any atom is 0.146 e. The summed E-state index contributed by atoms with van der Waals surface area (Å²) < 4.78 is 13.0. The number of nitrogen functional groups attached to an aromatic ring is 1. The summed E-state index contributed by atoms with van der Waals surface area (Å²) in [7, 11) is 0. The summed E-state index contributed by atoms with van der Waals surface area (Å²) in [4.78, 5) is 0. The van der Waals surface area contributed by atoms with Gasteiger partial charge in [0, 0.05) is 5.56 Å². The van der Waals surface area contributed by atoms with E-state index in [2.05, 4.69) is 0 Å². The molecule has 0 saturated heterocycles. The van der Waals surface area contributed by atoms with Gasteiger partial charge in [0.2, 0.25) is 0 Å². The number of anilines is 1. The van der Waals surface area contributed by atoms with Crippen LogP contribution in [0.4, 0.5) is 10.1 Å². The van der Waals surface area contributed by atoms with Crippen molar-refractivity contribution in [3.05, 3.63) is 52.3 Å². The molecule has 4 heteroatoms. The van der Waals surface area contributed by atoms with Gasteiger partial charge in [-0.05, 0) is 23.8 Å². The molecule has 0 spiro atoms. The third kappa shape index (κ3) is 1.99. The number of hydrogen-bond acceptors (Lipinski definition) is 1. The normalized spacial score (nSPS) is 10.4. The zero-order valence-electron chi connectivity index (χ0n) is 8.18. The monoisotopic (exact) mass is 255 g/mol. The summed E-state index contributed by atoms with van der Waals surface area (Å²) >= 11 is 12.0. The van der Waals surface area contributed by atoms with Crippen molar-refractivity contribution in [2.45, 2.75) is 0 Å². The van der Waals surface area contributed by atoms with Crippen LogP contribution in [0, 0.1) is 5.82 Å². The van der Waals surface area contributed by atoms with Crippen LogP contribution in [0.15, 0.2) is 36.4 Å². The lowest BCUT2D eigenvalue weighted by molar-refractivity contribution is 0.632. The van der Waals surface area contributed by atoms with Gasteiger partial charge in [-0.15, -0.1) is 0 Å². The zero-order chi connectivity index (χ0) is 11.7. The number of nitrogens with two attached hydrogens (primary N) is 1. The Bertz CT molecular complexity index is 541. The molecule has 16 heavy (non-hydrogen) atoms. The summed E-state index contributed by atoms with van der Waals surface area (Å²) in [6.45, 7) is 0. The molecule has 0 heterocycles. The summed E-state index contributed by atoms with van der Waals surface area (Å²) in [5, 5.41) is 0.900. The smallest absolute Gasteiger partial charge is 0.146 e. The van der Waals surface area contributed by atoms with Gasteiger partial charge >= 0.3 is 0 Å². The Kier molecular flexibility index (Phi) is 3.03. The fraction of sp³-hybridized carbons (Fsp3) is 0. The third-order valence-corrected chi connectivity index (χ3v) is 3.08. The van der Waals surface area contributed by atoms with Crippen molar-refractivity contribution in [2.75, 3.05) is 5.73 Å². The summed E-state index contributed by atoms with van der Waals surface area (Å²) in [5.41, 5.74) is 7.07. The van der Waals surface area contributed by atoms with Crippen molar-refractivity contribution in [1.29, 1.82) is 0 Å². The van der Waals surface area contributed by atoms with Crippen LogP contribution in [0.1, 0.15) is 0 Å². The lowest BCUT2D eigenvalue weighted by atomic mass is 10.1. The SMILES string of the molecule is Nc1cc(-c2cccc(Cl)c2Cl)ccc1F.